The second kappa shape index (κ2) is 4.02. The molecule has 0 spiro atoms. The second-order valence-corrected chi connectivity index (χ2v) is 4.44. The van der Waals surface area contributed by atoms with Gasteiger partial charge in [-0.05, 0) is 24.3 Å². The molecule has 1 aliphatic heterocycles. The van der Waals surface area contributed by atoms with E-state index in [0.717, 1.165) is 34.6 Å². The fraction of sp³-hybridized carbons (Fsp3) is 0.133. The molecule has 0 unspecified atom stereocenters. The Hall–Kier alpha value is -2.49. The molecular formula is C15H12N2O2. The molecule has 0 saturated carbocycles. The van der Waals surface area contributed by atoms with Crippen LogP contribution in [0.25, 0.3) is 22.6 Å². The largest absolute Gasteiger partial charge is 0.489 e. The number of fused-ring (bicyclic) bond motifs is 2. The van der Waals surface area contributed by atoms with Gasteiger partial charge in [-0.25, -0.2) is 4.98 Å². The summed E-state index contributed by atoms with van der Waals surface area (Å²) in [7, 11) is 0. The van der Waals surface area contributed by atoms with Crippen LogP contribution in [0.2, 0.25) is 0 Å². The maximum absolute atomic E-state index is 5.80. The van der Waals surface area contributed by atoms with Crippen molar-refractivity contribution in [3.63, 3.8) is 0 Å². The first kappa shape index (κ1) is 10.4. The lowest BCUT2D eigenvalue weighted by molar-refractivity contribution is 0.324. The van der Waals surface area contributed by atoms with Crippen LogP contribution in [0, 0.1) is 0 Å². The average Bonchev–Trinajstić information content (AvgIpc) is 2.90. The van der Waals surface area contributed by atoms with Crippen LogP contribution in [0.15, 0.2) is 46.9 Å². The van der Waals surface area contributed by atoms with E-state index >= 15 is 0 Å². The number of rotatable bonds is 1. The zero-order valence-corrected chi connectivity index (χ0v) is 10.2. The lowest BCUT2D eigenvalue weighted by Gasteiger charge is -2.20. The first-order valence-corrected chi connectivity index (χ1v) is 6.27. The van der Waals surface area contributed by atoms with E-state index in [9.17, 15) is 0 Å². The van der Waals surface area contributed by atoms with Gasteiger partial charge in [-0.3, -0.25) is 0 Å². The molecule has 1 N–H and O–H groups in total. The van der Waals surface area contributed by atoms with Crippen molar-refractivity contribution in [2.75, 3.05) is 18.5 Å². The molecule has 0 aliphatic carbocycles. The summed E-state index contributed by atoms with van der Waals surface area (Å²) in [6, 6.07) is 13.7. The molecule has 2 heterocycles. The van der Waals surface area contributed by atoms with E-state index in [4.69, 9.17) is 9.15 Å². The van der Waals surface area contributed by atoms with Gasteiger partial charge in [0, 0.05) is 6.54 Å². The lowest BCUT2D eigenvalue weighted by Crippen LogP contribution is -2.18. The maximum Gasteiger partial charge on any atom is 0.231 e. The van der Waals surface area contributed by atoms with Gasteiger partial charge in [0.1, 0.15) is 12.1 Å². The van der Waals surface area contributed by atoms with Crippen LogP contribution in [0.5, 0.6) is 5.75 Å². The minimum absolute atomic E-state index is 0.599. The monoisotopic (exact) mass is 252 g/mol. The highest BCUT2D eigenvalue weighted by Gasteiger charge is 2.18. The van der Waals surface area contributed by atoms with Crippen LogP contribution in [-0.4, -0.2) is 18.1 Å². The Kier molecular flexibility index (Phi) is 2.21. The Morgan fingerprint density at radius 2 is 2.00 bits per heavy atom. The van der Waals surface area contributed by atoms with Crippen molar-refractivity contribution >= 4 is 16.8 Å². The van der Waals surface area contributed by atoms with Gasteiger partial charge in [0.25, 0.3) is 0 Å². The third kappa shape index (κ3) is 1.64. The number of ether oxygens (including phenoxy) is 1. The summed E-state index contributed by atoms with van der Waals surface area (Å²) in [6.07, 6.45) is 0. The first-order valence-electron chi connectivity index (χ1n) is 6.27. The predicted molar refractivity (Wildman–Crippen MR) is 73.4 cm³/mol. The number of aromatic nitrogens is 1. The Morgan fingerprint density at radius 1 is 1.05 bits per heavy atom. The van der Waals surface area contributed by atoms with E-state index in [2.05, 4.69) is 10.3 Å². The van der Waals surface area contributed by atoms with Crippen molar-refractivity contribution in [3.8, 4) is 17.2 Å². The lowest BCUT2D eigenvalue weighted by atomic mass is 10.1. The fourth-order valence-electron chi connectivity index (χ4n) is 2.33. The highest BCUT2D eigenvalue weighted by Crippen LogP contribution is 2.38. The standard InChI is InChI=1S/C15H12N2O2/c1-2-7-13-11(5-1)17-15(19-13)10-4-3-6-12-14(10)18-9-8-16-12/h1-7,16H,8-9H2. The van der Waals surface area contributed by atoms with Crippen LogP contribution in [-0.2, 0) is 0 Å². The van der Waals surface area contributed by atoms with E-state index in [1.165, 1.54) is 0 Å². The minimum Gasteiger partial charge on any atom is -0.489 e. The molecule has 94 valence electrons. The van der Waals surface area contributed by atoms with Crippen molar-refractivity contribution in [1.29, 1.82) is 0 Å². The zero-order valence-electron chi connectivity index (χ0n) is 10.2. The molecule has 4 nitrogen and oxygen atoms in total. The van der Waals surface area contributed by atoms with Gasteiger partial charge in [0.05, 0.1) is 11.3 Å². The number of hydrogen-bond donors (Lipinski definition) is 1. The summed E-state index contributed by atoms with van der Waals surface area (Å²) in [4.78, 5) is 4.52. The van der Waals surface area contributed by atoms with Crippen LogP contribution in [0.3, 0.4) is 0 Å². The van der Waals surface area contributed by atoms with E-state index in [-0.39, 0.29) is 0 Å². The third-order valence-electron chi connectivity index (χ3n) is 3.20. The molecule has 3 aromatic rings. The molecule has 1 aromatic heterocycles. The summed E-state index contributed by atoms with van der Waals surface area (Å²) in [5.41, 5.74) is 3.53. The molecule has 1 aliphatic rings. The molecule has 2 aromatic carbocycles. The third-order valence-corrected chi connectivity index (χ3v) is 3.20. The summed E-state index contributed by atoms with van der Waals surface area (Å²) in [6.45, 7) is 1.48. The van der Waals surface area contributed by atoms with Crippen LogP contribution < -0.4 is 10.1 Å². The quantitative estimate of drug-likeness (QED) is 0.721. The molecule has 0 bridgehead atoms. The number of nitrogens with one attached hydrogen (secondary N) is 1. The molecule has 4 heteroatoms. The van der Waals surface area contributed by atoms with E-state index in [1.54, 1.807) is 0 Å². The van der Waals surface area contributed by atoms with Gasteiger partial charge in [-0.2, -0.15) is 0 Å². The van der Waals surface area contributed by atoms with Crippen molar-refractivity contribution in [3.05, 3.63) is 42.5 Å². The molecule has 0 atom stereocenters. The van der Waals surface area contributed by atoms with Gasteiger partial charge in [0.2, 0.25) is 5.89 Å². The normalized spacial score (nSPS) is 13.7. The molecule has 19 heavy (non-hydrogen) atoms. The number of para-hydroxylation sites is 3. The molecule has 0 saturated heterocycles. The SMILES string of the molecule is c1cc2c(c(-c3nc4ccccc4o3)c1)OCCN2. The van der Waals surface area contributed by atoms with Crippen LogP contribution in [0.1, 0.15) is 0 Å². The highest BCUT2D eigenvalue weighted by atomic mass is 16.5. The topological polar surface area (TPSA) is 47.3 Å². The minimum atomic E-state index is 0.599. The molecule has 4 rings (SSSR count). The van der Waals surface area contributed by atoms with Crippen molar-refractivity contribution in [1.82, 2.24) is 4.98 Å². The molecule has 0 radical (unpaired) electrons. The number of benzene rings is 2. The van der Waals surface area contributed by atoms with Gasteiger partial charge < -0.3 is 14.5 Å². The van der Waals surface area contributed by atoms with Gasteiger partial charge >= 0.3 is 0 Å². The Bertz CT molecular complexity index is 716. The van der Waals surface area contributed by atoms with Crippen LogP contribution >= 0.6 is 0 Å². The maximum atomic E-state index is 5.80. The van der Waals surface area contributed by atoms with Gasteiger partial charge in [-0.1, -0.05) is 18.2 Å². The first-order chi connectivity index (χ1) is 9.42. The molecular weight excluding hydrogens is 240 g/mol. The predicted octanol–water partition coefficient (Wildman–Crippen LogP) is 3.30. The zero-order chi connectivity index (χ0) is 12.7. The van der Waals surface area contributed by atoms with Crippen molar-refractivity contribution in [2.24, 2.45) is 0 Å². The number of nitrogens with zero attached hydrogens (tertiary/aromatic N) is 1. The Balaban J connectivity index is 1.92. The Labute approximate surface area is 110 Å². The number of anilines is 1. The number of oxazole rings is 1. The van der Waals surface area contributed by atoms with Crippen molar-refractivity contribution in [2.45, 2.75) is 0 Å². The highest BCUT2D eigenvalue weighted by molar-refractivity contribution is 5.80. The van der Waals surface area contributed by atoms with E-state index < -0.39 is 0 Å². The van der Waals surface area contributed by atoms with Gasteiger partial charge in [-0.15, -0.1) is 0 Å². The summed E-state index contributed by atoms with van der Waals surface area (Å²) in [5, 5.41) is 3.31. The van der Waals surface area contributed by atoms with Gasteiger partial charge in [0.15, 0.2) is 11.3 Å². The number of hydrogen-bond acceptors (Lipinski definition) is 4. The fourth-order valence-corrected chi connectivity index (χ4v) is 2.33. The van der Waals surface area contributed by atoms with Crippen LogP contribution in [0.4, 0.5) is 5.69 Å². The van der Waals surface area contributed by atoms with E-state index in [0.29, 0.717) is 12.5 Å². The molecule has 0 fully saturated rings. The average molecular weight is 252 g/mol. The summed E-state index contributed by atoms with van der Waals surface area (Å²) < 4.78 is 11.5. The smallest absolute Gasteiger partial charge is 0.231 e. The van der Waals surface area contributed by atoms with E-state index in [1.807, 2.05) is 42.5 Å². The second-order valence-electron chi connectivity index (χ2n) is 4.44. The van der Waals surface area contributed by atoms with Crippen molar-refractivity contribution < 1.29 is 9.15 Å². The molecule has 0 amide bonds. The summed E-state index contributed by atoms with van der Waals surface area (Å²) >= 11 is 0. The summed E-state index contributed by atoms with van der Waals surface area (Å²) in [5.74, 6) is 1.42. The Morgan fingerprint density at radius 3 is 2.95 bits per heavy atom.